The van der Waals surface area contributed by atoms with Gasteiger partial charge in [-0.2, -0.15) is 0 Å². The molecule has 0 aromatic carbocycles. The van der Waals surface area contributed by atoms with Crippen LogP contribution in [0.4, 0.5) is 0 Å². The van der Waals surface area contributed by atoms with Crippen LogP contribution in [-0.2, 0) is 0 Å². The predicted molar refractivity (Wildman–Crippen MR) is 53.4 cm³/mol. The van der Waals surface area contributed by atoms with E-state index in [2.05, 4.69) is 37.6 Å². The Bertz CT molecular complexity index is 136. The fourth-order valence-corrected chi connectivity index (χ4v) is 2.04. The highest BCUT2D eigenvalue weighted by atomic mass is 15.3. The van der Waals surface area contributed by atoms with Crippen LogP contribution in [0.25, 0.3) is 0 Å². The van der Waals surface area contributed by atoms with Gasteiger partial charge in [-0.15, -0.1) is 0 Å². The van der Waals surface area contributed by atoms with E-state index in [-0.39, 0.29) is 0 Å². The number of rotatable bonds is 2. The summed E-state index contributed by atoms with van der Waals surface area (Å²) in [5, 5.41) is 0. The molecule has 0 N–H and O–H groups in total. The molecule has 1 rings (SSSR count). The molecular formula is C10H22N2. The monoisotopic (exact) mass is 170 g/mol. The summed E-state index contributed by atoms with van der Waals surface area (Å²) < 4.78 is 0. The molecule has 0 aliphatic carbocycles. The zero-order valence-electron chi connectivity index (χ0n) is 8.88. The molecule has 1 fully saturated rings. The van der Waals surface area contributed by atoms with Gasteiger partial charge < -0.3 is 4.90 Å². The molecule has 1 heterocycles. The summed E-state index contributed by atoms with van der Waals surface area (Å²) in [7, 11) is 2.26. The first kappa shape index (κ1) is 10.0. The molecule has 0 spiro atoms. The normalized spacial score (nSPS) is 34.0. The Hall–Kier alpha value is -0.0800. The lowest BCUT2D eigenvalue weighted by molar-refractivity contribution is 0.0529. The van der Waals surface area contributed by atoms with Crippen molar-refractivity contribution < 1.29 is 0 Å². The largest absolute Gasteiger partial charge is 0.301 e. The molecule has 0 unspecified atom stereocenters. The first-order chi connectivity index (χ1) is 5.69. The maximum absolute atomic E-state index is 2.55. The van der Waals surface area contributed by atoms with Crippen LogP contribution < -0.4 is 0 Å². The minimum Gasteiger partial charge on any atom is -0.301 e. The number of hydrogen-bond acceptors (Lipinski definition) is 2. The first-order valence-corrected chi connectivity index (χ1v) is 5.13. The predicted octanol–water partition coefficient (Wildman–Crippen LogP) is 1.42. The van der Waals surface area contributed by atoms with Crippen LogP contribution in [0.3, 0.4) is 0 Å². The highest BCUT2D eigenvalue weighted by Gasteiger charge is 2.26. The maximum Gasteiger partial charge on any atom is 0.0220 e. The second-order valence-electron chi connectivity index (χ2n) is 3.93. The van der Waals surface area contributed by atoms with Crippen molar-refractivity contribution in [1.29, 1.82) is 0 Å². The highest BCUT2D eigenvalue weighted by molar-refractivity contribution is 4.83. The van der Waals surface area contributed by atoms with Crippen LogP contribution in [0, 0.1) is 0 Å². The van der Waals surface area contributed by atoms with Gasteiger partial charge in [-0.25, -0.2) is 0 Å². The van der Waals surface area contributed by atoms with Crippen LogP contribution in [0.5, 0.6) is 0 Å². The third kappa shape index (κ3) is 1.99. The molecule has 2 heteroatoms. The van der Waals surface area contributed by atoms with E-state index < -0.39 is 0 Å². The van der Waals surface area contributed by atoms with Gasteiger partial charge in [0.25, 0.3) is 0 Å². The average Bonchev–Trinajstić information content (AvgIpc) is 2.09. The molecule has 2 nitrogen and oxygen atoms in total. The molecule has 2 atom stereocenters. The van der Waals surface area contributed by atoms with Crippen molar-refractivity contribution in [3.63, 3.8) is 0 Å². The molecule has 1 aliphatic heterocycles. The minimum absolute atomic E-state index is 0.726. The summed E-state index contributed by atoms with van der Waals surface area (Å²) in [6.45, 7) is 10.6. The van der Waals surface area contributed by atoms with E-state index in [1.54, 1.807) is 0 Å². The van der Waals surface area contributed by atoms with E-state index in [4.69, 9.17) is 0 Å². The van der Waals surface area contributed by atoms with Crippen molar-refractivity contribution >= 4 is 0 Å². The summed E-state index contributed by atoms with van der Waals surface area (Å²) in [5.74, 6) is 0. The van der Waals surface area contributed by atoms with Crippen LogP contribution in [0.1, 0.15) is 27.2 Å². The third-order valence-corrected chi connectivity index (χ3v) is 3.18. The number of piperazine rings is 1. The molecule has 1 saturated heterocycles. The Labute approximate surface area is 76.5 Å². The quantitative estimate of drug-likeness (QED) is 0.618. The lowest BCUT2D eigenvalue weighted by Gasteiger charge is -2.43. The fraction of sp³-hybridized carbons (Fsp3) is 1.00. The highest BCUT2D eigenvalue weighted by Crippen LogP contribution is 2.15. The van der Waals surface area contributed by atoms with Crippen LogP contribution >= 0.6 is 0 Å². The topological polar surface area (TPSA) is 6.48 Å². The second-order valence-corrected chi connectivity index (χ2v) is 3.93. The van der Waals surface area contributed by atoms with Gasteiger partial charge in [0.05, 0.1) is 0 Å². The molecule has 0 saturated carbocycles. The zero-order valence-corrected chi connectivity index (χ0v) is 8.88. The number of hydrogen-bond donors (Lipinski definition) is 0. The van der Waals surface area contributed by atoms with Crippen molar-refractivity contribution in [3.8, 4) is 0 Å². The van der Waals surface area contributed by atoms with Gasteiger partial charge in [-0.05, 0) is 26.9 Å². The SMILES string of the molecule is CC[C@@H]1CN(CC)C[C@H](C)N1C. The standard InChI is InChI=1S/C10H22N2/c1-5-10-8-12(6-2)7-9(3)11(10)4/h9-10H,5-8H2,1-4H3/t9-,10+/m0/s1. The van der Waals surface area contributed by atoms with Crippen molar-refractivity contribution in [2.45, 2.75) is 39.3 Å². The van der Waals surface area contributed by atoms with Gasteiger partial charge in [-0.1, -0.05) is 13.8 Å². The van der Waals surface area contributed by atoms with Crippen molar-refractivity contribution in [1.82, 2.24) is 9.80 Å². The molecule has 12 heavy (non-hydrogen) atoms. The molecule has 72 valence electrons. The molecule has 0 aromatic heterocycles. The number of likely N-dealkylation sites (N-methyl/N-ethyl adjacent to an activating group) is 2. The second kappa shape index (κ2) is 4.24. The van der Waals surface area contributed by atoms with Gasteiger partial charge in [0, 0.05) is 25.2 Å². The number of nitrogens with zero attached hydrogens (tertiary/aromatic N) is 2. The van der Waals surface area contributed by atoms with E-state index in [1.165, 1.54) is 26.1 Å². The van der Waals surface area contributed by atoms with E-state index in [0.717, 1.165) is 12.1 Å². The van der Waals surface area contributed by atoms with Gasteiger partial charge in [0.15, 0.2) is 0 Å². The van der Waals surface area contributed by atoms with E-state index in [9.17, 15) is 0 Å². The van der Waals surface area contributed by atoms with Crippen molar-refractivity contribution in [2.24, 2.45) is 0 Å². The van der Waals surface area contributed by atoms with E-state index in [1.807, 2.05) is 0 Å². The Balaban J connectivity index is 2.52. The van der Waals surface area contributed by atoms with Crippen LogP contribution in [0.2, 0.25) is 0 Å². The fourth-order valence-electron chi connectivity index (χ4n) is 2.04. The molecule has 0 radical (unpaired) electrons. The first-order valence-electron chi connectivity index (χ1n) is 5.13. The lowest BCUT2D eigenvalue weighted by atomic mass is 10.1. The third-order valence-electron chi connectivity index (χ3n) is 3.18. The van der Waals surface area contributed by atoms with Gasteiger partial charge >= 0.3 is 0 Å². The van der Waals surface area contributed by atoms with Gasteiger partial charge in [-0.3, -0.25) is 4.90 Å². The Morgan fingerprint density at radius 1 is 1.25 bits per heavy atom. The summed E-state index contributed by atoms with van der Waals surface area (Å²) in [4.78, 5) is 5.07. The molecule has 1 aliphatic rings. The summed E-state index contributed by atoms with van der Waals surface area (Å²) in [6, 6.07) is 1.50. The van der Waals surface area contributed by atoms with Crippen LogP contribution in [-0.4, -0.2) is 48.6 Å². The Kier molecular flexibility index (Phi) is 3.53. The summed E-state index contributed by atoms with van der Waals surface area (Å²) in [6.07, 6.45) is 1.28. The van der Waals surface area contributed by atoms with Crippen molar-refractivity contribution in [2.75, 3.05) is 26.7 Å². The molecule has 0 amide bonds. The molecule has 0 bridgehead atoms. The average molecular weight is 170 g/mol. The lowest BCUT2D eigenvalue weighted by Crippen LogP contribution is -2.55. The summed E-state index contributed by atoms with van der Waals surface area (Å²) >= 11 is 0. The zero-order chi connectivity index (χ0) is 9.14. The van der Waals surface area contributed by atoms with Crippen LogP contribution in [0.15, 0.2) is 0 Å². The van der Waals surface area contributed by atoms with Crippen molar-refractivity contribution in [3.05, 3.63) is 0 Å². The van der Waals surface area contributed by atoms with E-state index >= 15 is 0 Å². The summed E-state index contributed by atoms with van der Waals surface area (Å²) in [5.41, 5.74) is 0. The molecular weight excluding hydrogens is 148 g/mol. The van der Waals surface area contributed by atoms with Gasteiger partial charge in [0.2, 0.25) is 0 Å². The Morgan fingerprint density at radius 2 is 1.92 bits per heavy atom. The van der Waals surface area contributed by atoms with Gasteiger partial charge in [0.1, 0.15) is 0 Å². The smallest absolute Gasteiger partial charge is 0.0220 e. The Morgan fingerprint density at radius 3 is 2.42 bits per heavy atom. The minimum atomic E-state index is 0.726. The van der Waals surface area contributed by atoms with E-state index in [0.29, 0.717) is 0 Å². The maximum atomic E-state index is 2.55. The molecule has 0 aromatic rings.